The van der Waals surface area contributed by atoms with E-state index in [9.17, 15) is 4.39 Å². The lowest BCUT2D eigenvalue weighted by molar-refractivity contribution is 0.484. The molecule has 1 aliphatic rings. The van der Waals surface area contributed by atoms with Crippen LogP contribution in [0.15, 0.2) is 24.5 Å². The molecule has 0 N–H and O–H groups in total. The summed E-state index contributed by atoms with van der Waals surface area (Å²) >= 11 is 6.07. The highest BCUT2D eigenvalue weighted by Crippen LogP contribution is 2.28. The van der Waals surface area contributed by atoms with E-state index in [2.05, 4.69) is 14.9 Å². The molecule has 0 saturated heterocycles. The van der Waals surface area contributed by atoms with Crippen molar-refractivity contribution in [3.8, 4) is 6.07 Å². The van der Waals surface area contributed by atoms with Crippen LogP contribution in [0.5, 0.6) is 0 Å². The molecule has 21 heavy (non-hydrogen) atoms. The second-order valence-electron chi connectivity index (χ2n) is 4.85. The molecule has 0 spiro atoms. The van der Waals surface area contributed by atoms with E-state index in [-0.39, 0.29) is 0 Å². The van der Waals surface area contributed by atoms with Gasteiger partial charge in [0.2, 0.25) is 0 Å². The zero-order chi connectivity index (χ0) is 14.8. The molecular formula is C15H12ClFN4. The van der Waals surface area contributed by atoms with Crippen LogP contribution in [0.3, 0.4) is 0 Å². The maximum atomic E-state index is 13.0. The molecule has 1 aromatic carbocycles. The summed E-state index contributed by atoms with van der Waals surface area (Å²) in [6.07, 6.45) is 2.20. The number of hydrogen-bond donors (Lipinski definition) is 0. The van der Waals surface area contributed by atoms with Gasteiger partial charge in [-0.2, -0.15) is 5.26 Å². The van der Waals surface area contributed by atoms with Gasteiger partial charge in [-0.3, -0.25) is 0 Å². The summed E-state index contributed by atoms with van der Waals surface area (Å²) in [5.41, 5.74) is 3.56. The summed E-state index contributed by atoms with van der Waals surface area (Å²) in [4.78, 5) is 10.4. The van der Waals surface area contributed by atoms with Crippen LogP contribution in [-0.4, -0.2) is 16.5 Å². The number of benzene rings is 1. The van der Waals surface area contributed by atoms with Gasteiger partial charge in [0.15, 0.2) is 0 Å². The van der Waals surface area contributed by atoms with Crippen LogP contribution in [0.4, 0.5) is 10.1 Å². The number of rotatable bonds is 2. The Kier molecular flexibility index (Phi) is 3.72. The average Bonchev–Trinajstić information content (AvgIpc) is 2.54. The van der Waals surface area contributed by atoms with E-state index in [0.29, 0.717) is 22.8 Å². The van der Waals surface area contributed by atoms with E-state index in [1.807, 2.05) is 12.1 Å². The Morgan fingerprint density at radius 3 is 3.00 bits per heavy atom. The smallest absolute Gasteiger partial charge is 0.136 e. The van der Waals surface area contributed by atoms with Gasteiger partial charge in [0.25, 0.3) is 0 Å². The monoisotopic (exact) mass is 302 g/mol. The average molecular weight is 303 g/mol. The van der Waals surface area contributed by atoms with Crippen molar-refractivity contribution in [1.82, 2.24) is 9.97 Å². The van der Waals surface area contributed by atoms with Crippen molar-refractivity contribution in [3.05, 3.63) is 52.1 Å². The number of halogens is 2. The molecule has 3 rings (SSSR count). The lowest BCUT2D eigenvalue weighted by Gasteiger charge is -2.30. The minimum Gasteiger partial charge on any atom is -0.365 e. The van der Waals surface area contributed by atoms with Crippen LogP contribution in [-0.2, 0) is 19.6 Å². The molecule has 1 aliphatic heterocycles. The molecule has 2 aromatic rings. The molecule has 0 atom stereocenters. The summed E-state index contributed by atoms with van der Waals surface area (Å²) in [5.74, 6) is 0. The van der Waals surface area contributed by atoms with Crippen molar-refractivity contribution < 1.29 is 4.39 Å². The van der Waals surface area contributed by atoms with Gasteiger partial charge >= 0.3 is 0 Å². The van der Waals surface area contributed by atoms with E-state index in [0.717, 1.165) is 29.9 Å². The highest BCUT2D eigenvalue weighted by atomic mass is 35.5. The van der Waals surface area contributed by atoms with Gasteiger partial charge < -0.3 is 4.90 Å². The lowest BCUT2D eigenvalue weighted by Crippen LogP contribution is -2.31. The molecule has 0 aliphatic carbocycles. The first-order valence-corrected chi connectivity index (χ1v) is 6.93. The molecule has 0 unspecified atom stereocenters. The number of alkyl halides is 1. The number of nitrogens with zero attached hydrogens (tertiary/aromatic N) is 4. The molecule has 1 aromatic heterocycles. The van der Waals surface area contributed by atoms with Crippen LogP contribution in [0.25, 0.3) is 0 Å². The fraction of sp³-hybridized carbons (Fsp3) is 0.267. The van der Waals surface area contributed by atoms with Gasteiger partial charge in [-0.25, -0.2) is 14.4 Å². The second kappa shape index (κ2) is 5.66. The fourth-order valence-electron chi connectivity index (χ4n) is 2.53. The Morgan fingerprint density at radius 1 is 1.38 bits per heavy atom. The minimum atomic E-state index is -0.644. The van der Waals surface area contributed by atoms with Gasteiger partial charge in [-0.1, -0.05) is 11.6 Å². The van der Waals surface area contributed by atoms with Crippen molar-refractivity contribution in [1.29, 1.82) is 5.26 Å². The van der Waals surface area contributed by atoms with Crippen LogP contribution in [0.2, 0.25) is 5.15 Å². The minimum absolute atomic E-state index is 0.379. The van der Waals surface area contributed by atoms with E-state index < -0.39 is 6.67 Å². The van der Waals surface area contributed by atoms with Crippen molar-refractivity contribution in [2.45, 2.75) is 19.6 Å². The van der Waals surface area contributed by atoms with Crippen LogP contribution in [0, 0.1) is 11.3 Å². The van der Waals surface area contributed by atoms with Crippen molar-refractivity contribution >= 4 is 17.3 Å². The molecule has 6 heteroatoms. The SMILES string of the molecule is N#Cc1ccc(N2CCc3c(Cl)ncnc3C2)cc1CF. The number of nitriles is 1. The van der Waals surface area contributed by atoms with Gasteiger partial charge in [0.05, 0.1) is 23.9 Å². The van der Waals surface area contributed by atoms with Gasteiger partial charge in [-0.05, 0) is 24.6 Å². The summed E-state index contributed by atoms with van der Waals surface area (Å²) in [6.45, 7) is 0.724. The maximum absolute atomic E-state index is 13.0. The third-order valence-corrected chi connectivity index (χ3v) is 4.00. The Hall–Kier alpha value is -2.19. The highest BCUT2D eigenvalue weighted by molar-refractivity contribution is 6.30. The fourth-order valence-corrected chi connectivity index (χ4v) is 2.78. The van der Waals surface area contributed by atoms with E-state index in [4.69, 9.17) is 16.9 Å². The van der Waals surface area contributed by atoms with E-state index >= 15 is 0 Å². The van der Waals surface area contributed by atoms with Gasteiger partial charge in [0, 0.05) is 23.4 Å². The molecule has 0 bridgehead atoms. The second-order valence-corrected chi connectivity index (χ2v) is 5.21. The quantitative estimate of drug-likeness (QED) is 0.800. The number of fused-ring (bicyclic) bond motifs is 1. The first-order chi connectivity index (χ1) is 10.2. The number of aromatic nitrogens is 2. The Balaban J connectivity index is 1.91. The van der Waals surface area contributed by atoms with Gasteiger partial charge in [0.1, 0.15) is 18.2 Å². The first kappa shape index (κ1) is 13.8. The summed E-state index contributed by atoms with van der Waals surface area (Å²) in [7, 11) is 0. The largest absolute Gasteiger partial charge is 0.365 e. The van der Waals surface area contributed by atoms with Gasteiger partial charge in [-0.15, -0.1) is 0 Å². The summed E-state index contributed by atoms with van der Waals surface area (Å²) in [6, 6.07) is 7.23. The Morgan fingerprint density at radius 2 is 2.24 bits per heavy atom. The zero-order valence-corrected chi connectivity index (χ0v) is 11.9. The molecule has 4 nitrogen and oxygen atoms in total. The molecule has 0 fully saturated rings. The lowest BCUT2D eigenvalue weighted by atomic mass is 10.0. The Bertz CT molecular complexity index is 726. The first-order valence-electron chi connectivity index (χ1n) is 6.55. The molecular weight excluding hydrogens is 291 g/mol. The number of anilines is 1. The van der Waals surface area contributed by atoms with Crippen LogP contribution >= 0.6 is 11.6 Å². The van der Waals surface area contributed by atoms with Crippen molar-refractivity contribution in [3.63, 3.8) is 0 Å². The van der Waals surface area contributed by atoms with E-state index in [1.165, 1.54) is 6.33 Å². The van der Waals surface area contributed by atoms with Crippen molar-refractivity contribution in [2.75, 3.05) is 11.4 Å². The molecule has 0 radical (unpaired) electrons. The summed E-state index contributed by atoms with van der Waals surface area (Å²) < 4.78 is 13.0. The normalized spacial score (nSPS) is 13.7. The predicted octanol–water partition coefficient (Wildman–Crippen LogP) is 3.03. The van der Waals surface area contributed by atoms with E-state index in [1.54, 1.807) is 12.1 Å². The topological polar surface area (TPSA) is 52.8 Å². The maximum Gasteiger partial charge on any atom is 0.136 e. The number of hydrogen-bond acceptors (Lipinski definition) is 4. The van der Waals surface area contributed by atoms with Crippen LogP contribution in [0.1, 0.15) is 22.4 Å². The molecule has 2 heterocycles. The standard InChI is InChI=1S/C15H12ClFN4/c16-15-13-3-4-21(8-14(13)19-9-20-15)12-2-1-10(7-18)11(5-12)6-17/h1-2,5,9H,3-4,6,8H2. The zero-order valence-electron chi connectivity index (χ0n) is 11.2. The predicted molar refractivity (Wildman–Crippen MR) is 77.8 cm³/mol. The summed E-state index contributed by atoms with van der Waals surface area (Å²) in [5, 5.41) is 9.45. The third kappa shape index (κ3) is 2.55. The third-order valence-electron chi connectivity index (χ3n) is 3.67. The molecule has 0 amide bonds. The molecule has 0 saturated carbocycles. The van der Waals surface area contributed by atoms with Crippen LogP contribution < -0.4 is 4.90 Å². The Labute approximate surface area is 126 Å². The van der Waals surface area contributed by atoms with Crippen molar-refractivity contribution in [2.24, 2.45) is 0 Å². The molecule has 106 valence electrons. The highest BCUT2D eigenvalue weighted by Gasteiger charge is 2.21.